The van der Waals surface area contributed by atoms with E-state index in [1.54, 1.807) is 0 Å². The normalized spacial score (nSPS) is 19.1. The van der Waals surface area contributed by atoms with E-state index in [-0.39, 0.29) is 0 Å². The molecule has 0 aromatic heterocycles. The molecule has 3 heteroatoms. The first-order valence-corrected chi connectivity index (χ1v) is 5.85. The molecule has 0 spiro atoms. The van der Waals surface area contributed by atoms with Gasteiger partial charge in [-0.15, -0.1) is 0 Å². The van der Waals surface area contributed by atoms with Gasteiger partial charge >= 0.3 is 0 Å². The molecule has 1 aliphatic heterocycles. The van der Waals surface area contributed by atoms with Crippen LogP contribution in [0.5, 0.6) is 5.75 Å². The van der Waals surface area contributed by atoms with Crippen molar-refractivity contribution < 1.29 is 4.74 Å². The molecule has 80 valence electrons. The minimum atomic E-state index is 0.379. The van der Waals surface area contributed by atoms with Crippen molar-refractivity contribution in [2.45, 2.75) is 12.5 Å². The van der Waals surface area contributed by atoms with Crippen LogP contribution in [0.2, 0.25) is 0 Å². The zero-order valence-electron chi connectivity index (χ0n) is 8.50. The minimum Gasteiger partial charge on any atom is -0.493 e. The zero-order chi connectivity index (χ0) is 10.7. The van der Waals surface area contributed by atoms with Crippen molar-refractivity contribution in [3.8, 4) is 5.75 Å². The number of ether oxygens (including phenoxy) is 1. The van der Waals surface area contributed by atoms with Crippen LogP contribution in [0, 0.1) is 0 Å². The molecule has 0 saturated carbocycles. The van der Waals surface area contributed by atoms with Crippen LogP contribution >= 0.6 is 15.9 Å². The Kier molecular flexibility index (Phi) is 3.44. The first kappa shape index (κ1) is 10.7. The second-order valence-corrected chi connectivity index (χ2v) is 4.75. The summed E-state index contributed by atoms with van der Waals surface area (Å²) in [6.45, 7) is 5.39. The fraction of sp³-hybridized carbons (Fsp3) is 0.333. The maximum absolute atomic E-state index is 5.59. The van der Waals surface area contributed by atoms with Crippen molar-refractivity contribution in [1.29, 1.82) is 0 Å². The maximum atomic E-state index is 5.59. The summed E-state index contributed by atoms with van der Waals surface area (Å²) in [6, 6.07) is 8.56. The highest BCUT2D eigenvalue weighted by Crippen LogP contribution is 2.31. The van der Waals surface area contributed by atoms with E-state index in [9.17, 15) is 0 Å². The second-order valence-electron chi connectivity index (χ2n) is 3.63. The summed E-state index contributed by atoms with van der Waals surface area (Å²) < 4.78 is 6.56. The Morgan fingerprint density at radius 1 is 1.53 bits per heavy atom. The van der Waals surface area contributed by atoms with Crippen molar-refractivity contribution in [2.75, 3.05) is 13.2 Å². The summed E-state index contributed by atoms with van der Waals surface area (Å²) in [5.74, 6) is 1.00. The van der Waals surface area contributed by atoms with Crippen LogP contribution in [0.1, 0.15) is 18.0 Å². The largest absolute Gasteiger partial charge is 0.493 e. The monoisotopic (exact) mass is 267 g/mol. The van der Waals surface area contributed by atoms with Crippen LogP contribution in [-0.2, 0) is 0 Å². The number of halogens is 1. The van der Waals surface area contributed by atoms with Crippen molar-refractivity contribution in [2.24, 2.45) is 0 Å². The Balaban J connectivity index is 2.11. The summed E-state index contributed by atoms with van der Waals surface area (Å²) in [6.07, 6.45) is 1.01. The summed E-state index contributed by atoms with van der Waals surface area (Å²) >= 11 is 3.35. The molecule has 1 aromatic rings. The molecule has 15 heavy (non-hydrogen) atoms. The van der Waals surface area contributed by atoms with Gasteiger partial charge in [-0.2, -0.15) is 0 Å². The van der Waals surface area contributed by atoms with Gasteiger partial charge < -0.3 is 10.1 Å². The van der Waals surface area contributed by atoms with Crippen molar-refractivity contribution >= 4 is 15.9 Å². The molecule has 0 amide bonds. The number of hydrogen-bond acceptors (Lipinski definition) is 2. The van der Waals surface area contributed by atoms with E-state index < -0.39 is 0 Å². The lowest BCUT2D eigenvalue weighted by molar-refractivity contribution is 0.255. The summed E-state index contributed by atoms with van der Waals surface area (Å²) in [4.78, 5) is 0. The lowest BCUT2D eigenvalue weighted by atomic mass is 10.0. The van der Waals surface area contributed by atoms with Crippen LogP contribution in [0.15, 0.2) is 35.3 Å². The Morgan fingerprint density at radius 2 is 2.33 bits per heavy atom. The SMILES string of the molecule is C=C(Br)CNC1CCOc2ccccc21. The van der Waals surface area contributed by atoms with Crippen LogP contribution in [0.25, 0.3) is 0 Å². The van der Waals surface area contributed by atoms with E-state index in [0.717, 1.165) is 29.8 Å². The third kappa shape index (κ3) is 2.61. The molecule has 1 N–H and O–H groups in total. The topological polar surface area (TPSA) is 21.3 Å². The molecule has 0 radical (unpaired) electrons. The molecule has 1 unspecified atom stereocenters. The molecule has 1 aliphatic rings. The van der Waals surface area contributed by atoms with Crippen molar-refractivity contribution in [1.82, 2.24) is 5.32 Å². The Bertz CT molecular complexity index is 364. The highest BCUT2D eigenvalue weighted by atomic mass is 79.9. The molecule has 0 fully saturated rings. The number of rotatable bonds is 3. The Morgan fingerprint density at radius 3 is 3.13 bits per heavy atom. The van der Waals surface area contributed by atoms with Crippen LogP contribution in [0.4, 0.5) is 0 Å². The van der Waals surface area contributed by atoms with Gasteiger partial charge in [0, 0.05) is 29.1 Å². The second kappa shape index (κ2) is 4.81. The third-order valence-corrected chi connectivity index (χ3v) is 2.78. The average molecular weight is 268 g/mol. The van der Waals surface area contributed by atoms with E-state index in [0.29, 0.717) is 6.04 Å². The van der Waals surface area contributed by atoms with Gasteiger partial charge in [-0.05, 0) is 6.07 Å². The smallest absolute Gasteiger partial charge is 0.124 e. The fourth-order valence-corrected chi connectivity index (χ4v) is 1.95. The molecule has 0 saturated heterocycles. The van der Waals surface area contributed by atoms with Crippen molar-refractivity contribution in [3.63, 3.8) is 0 Å². The summed E-state index contributed by atoms with van der Waals surface area (Å²) in [5.41, 5.74) is 1.25. The third-order valence-electron chi connectivity index (χ3n) is 2.50. The molecule has 2 nitrogen and oxygen atoms in total. The highest BCUT2D eigenvalue weighted by molar-refractivity contribution is 9.11. The highest BCUT2D eigenvalue weighted by Gasteiger charge is 2.19. The van der Waals surface area contributed by atoms with Gasteiger partial charge in [0.15, 0.2) is 0 Å². The lowest BCUT2D eigenvalue weighted by Gasteiger charge is -2.26. The first-order chi connectivity index (χ1) is 7.27. The molecule has 0 aliphatic carbocycles. The van der Waals surface area contributed by atoms with E-state index >= 15 is 0 Å². The maximum Gasteiger partial charge on any atom is 0.124 e. The molecule has 1 atom stereocenters. The zero-order valence-corrected chi connectivity index (χ0v) is 10.1. The minimum absolute atomic E-state index is 0.379. The van der Waals surface area contributed by atoms with Gasteiger partial charge in [0.25, 0.3) is 0 Å². The number of fused-ring (bicyclic) bond motifs is 1. The van der Waals surface area contributed by atoms with Gasteiger partial charge in [-0.1, -0.05) is 40.7 Å². The Hall–Kier alpha value is -0.800. The predicted molar refractivity (Wildman–Crippen MR) is 65.4 cm³/mol. The quantitative estimate of drug-likeness (QED) is 0.909. The van der Waals surface area contributed by atoms with Gasteiger partial charge in [0.2, 0.25) is 0 Å². The van der Waals surface area contributed by atoms with E-state index in [1.807, 2.05) is 18.2 Å². The Labute approximate surface area is 98.5 Å². The molecule has 1 heterocycles. The van der Waals surface area contributed by atoms with Gasteiger partial charge in [0.05, 0.1) is 6.61 Å². The first-order valence-electron chi connectivity index (χ1n) is 5.06. The standard InChI is InChI=1S/C12H14BrNO/c1-9(13)8-14-11-6-7-15-12-5-3-2-4-10(11)12/h2-5,11,14H,1,6-8H2. The van der Waals surface area contributed by atoms with Crippen molar-refractivity contribution in [3.05, 3.63) is 40.9 Å². The lowest BCUT2D eigenvalue weighted by Crippen LogP contribution is -2.27. The van der Waals surface area contributed by atoms with Gasteiger partial charge in [-0.25, -0.2) is 0 Å². The van der Waals surface area contributed by atoms with Crippen LogP contribution < -0.4 is 10.1 Å². The summed E-state index contributed by atoms with van der Waals surface area (Å²) in [5, 5.41) is 3.45. The van der Waals surface area contributed by atoms with E-state index in [2.05, 4.69) is 33.9 Å². The van der Waals surface area contributed by atoms with Crippen LogP contribution in [0.3, 0.4) is 0 Å². The number of benzene rings is 1. The van der Waals surface area contributed by atoms with E-state index in [1.165, 1.54) is 5.56 Å². The molecule has 2 rings (SSSR count). The summed E-state index contributed by atoms with van der Waals surface area (Å²) in [7, 11) is 0. The van der Waals surface area contributed by atoms with Gasteiger partial charge in [-0.3, -0.25) is 0 Å². The fourth-order valence-electron chi connectivity index (χ4n) is 1.79. The average Bonchev–Trinajstić information content (AvgIpc) is 2.26. The predicted octanol–water partition coefficient (Wildman–Crippen LogP) is 3.01. The molecular weight excluding hydrogens is 254 g/mol. The number of para-hydroxylation sites is 1. The van der Waals surface area contributed by atoms with Gasteiger partial charge in [0.1, 0.15) is 5.75 Å². The number of nitrogens with one attached hydrogen (secondary N) is 1. The number of hydrogen-bond donors (Lipinski definition) is 1. The molecule has 1 aromatic carbocycles. The molecular formula is C12H14BrNO. The molecule has 0 bridgehead atoms. The van der Waals surface area contributed by atoms with E-state index in [4.69, 9.17) is 4.74 Å². The van der Waals surface area contributed by atoms with Crippen LogP contribution in [-0.4, -0.2) is 13.2 Å².